The Morgan fingerprint density at radius 3 is 2.87 bits per heavy atom. The number of anilines is 3. The number of carbonyl (C=O) groups is 1. The van der Waals surface area contributed by atoms with Gasteiger partial charge >= 0.3 is 0 Å². The summed E-state index contributed by atoms with van der Waals surface area (Å²) in [5, 5.41) is 0.611. The predicted octanol–water partition coefficient (Wildman–Crippen LogP) is 3.68. The smallest absolute Gasteiger partial charge is 0.232 e. The fraction of sp³-hybridized carbons (Fsp3) is 0.273. The van der Waals surface area contributed by atoms with Gasteiger partial charge < -0.3 is 14.4 Å². The second-order valence-electron chi connectivity index (χ2n) is 7.09. The van der Waals surface area contributed by atoms with Crippen molar-refractivity contribution in [3.63, 3.8) is 0 Å². The van der Waals surface area contributed by atoms with E-state index in [2.05, 4.69) is 9.97 Å². The molecule has 0 radical (unpaired) electrons. The standard InChI is InChI=1S/C22H22ClN5O3/c1-15-13-31-21(12-29)28(15)20-10-16(6-8-24-20)19-7-9-25-22(26-19)27(14-30-2)18-5-3-4-17(23)11-18/h3-12,15,21H,13-14H2,1-2H3. The minimum Gasteiger partial charge on any atom is -0.364 e. The lowest BCUT2D eigenvalue weighted by atomic mass is 10.1. The van der Waals surface area contributed by atoms with E-state index in [4.69, 9.17) is 26.1 Å². The van der Waals surface area contributed by atoms with Gasteiger partial charge in [-0.25, -0.2) is 15.0 Å². The molecule has 160 valence electrons. The van der Waals surface area contributed by atoms with Gasteiger partial charge in [0.1, 0.15) is 12.5 Å². The van der Waals surface area contributed by atoms with Crippen molar-refractivity contribution < 1.29 is 14.3 Å². The Morgan fingerprint density at radius 2 is 2.10 bits per heavy atom. The highest BCUT2D eigenvalue weighted by molar-refractivity contribution is 6.30. The van der Waals surface area contributed by atoms with Crippen molar-refractivity contribution in [1.29, 1.82) is 0 Å². The van der Waals surface area contributed by atoms with Crippen molar-refractivity contribution in [3.8, 4) is 11.3 Å². The maximum Gasteiger partial charge on any atom is 0.232 e. The molecular formula is C22H22ClN5O3. The molecule has 9 heteroatoms. The molecule has 1 aliphatic rings. The van der Waals surface area contributed by atoms with Gasteiger partial charge in [-0.15, -0.1) is 0 Å². The number of aromatic nitrogens is 3. The molecule has 0 bridgehead atoms. The van der Waals surface area contributed by atoms with Crippen molar-refractivity contribution in [2.24, 2.45) is 0 Å². The third-order valence-electron chi connectivity index (χ3n) is 4.94. The van der Waals surface area contributed by atoms with Gasteiger partial charge in [-0.3, -0.25) is 9.69 Å². The van der Waals surface area contributed by atoms with Gasteiger partial charge in [0.25, 0.3) is 0 Å². The molecule has 1 saturated heterocycles. The van der Waals surface area contributed by atoms with Crippen molar-refractivity contribution in [2.75, 3.05) is 30.2 Å². The van der Waals surface area contributed by atoms with Crippen molar-refractivity contribution in [1.82, 2.24) is 15.0 Å². The van der Waals surface area contributed by atoms with E-state index in [-0.39, 0.29) is 12.8 Å². The maximum atomic E-state index is 11.4. The van der Waals surface area contributed by atoms with Crippen LogP contribution in [0.5, 0.6) is 0 Å². The third kappa shape index (κ3) is 4.51. The average molecular weight is 440 g/mol. The Kier molecular flexibility index (Phi) is 6.41. The summed E-state index contributed by atoms with van der Waals surface area (Å²) < 4.78 is 10.9. The molecule has 0 N–H and O–H groups in total. The van der Waals surface area contributed by atoms with Crippen LogP contribution >= 0.6 is 11.6 Å². The zero-order chi connectivity index (χ0) is 21.8. The Labute approximate surface area is 185 Å². The van der Waals surface area contributed by atoms with E-state index in [1.54, 1.807) is 19.5 Å². The van der Waals surface area contributed by atoms with E-state index in [1.807, 2.05) is 59.2 Å². The van der Waals surface area contributed by atoms with Gasteiger partial charge in [0.2, 0.25) is 5.95 Å². The van der Waals surface area contributed by atoms with Gasteiger partial charge in [-0.2, -0.15) is 0 Å². The van der Waals surface area contributed by atoms with E-state index in [1.165, 1.54) is 0 Å². The Bertz CT molecular complexity index is 1070. The lowest BCUT2D eigenvalue weighted by Gasteiger charge is -2.24. The van der Waals surface area contributed by atoms with Crippen LogP contribution in [0.2, 0.25) is 5.02 Å². The SMILES string of the molecule is COCN(c1cccc(Cl)c1)c1nccc(-c2ccnc(N3C(C)COC3C=O)c2)n1. The number of pyridine rings is 1. The second-order valence-corrected chi connectivity index (χ2v) is 7.52. The molecule has 0 spiro atoms. The van der Waals surface area contributed by atoms with E-state index >= 15 is 0 Å². The zero-order valence-electron chi connectivity index (χ0n) is 17.2. The molecule has 1 aromatic carbocycles. The van der Waals surface area contributed by atoms with Gasteiger partial charge in [0.15, 0.2) is 12.5 Å². The second kappa shape index (κ2) is 9.38. The molecular weight excluding hydrogens is 418 g/mol. The van der Waals surface area contributed by atoms with Gasteiger partial charge in [-0.05, 0) is 43.3 Å². The molecule has 2 unspecified atom stereocenters. The minimum absolute atomic E-state index is 0.0407. The lowest BCUT2D eigenvalue weighted by Crippen LogP contribution is -2.36. The number of ether oxygens (including phenoxy) is 2. The van der Waals surface area contributed by atoms with Gasteiger partial charge in [0, 0.05) is 35.8 Å². The number of methoxy groups -OCH3 is 1. The number of carbonyl (C=O) groups excluding carboxylic acids is 1. The molecule has 1 fully saturated rings. The molecule has 3 heterocycles. The molecule has 3 aromatic rings. The highest BCUT2D eigenvalue weighted by Crippen LogP contribution is 2.29. The number of halogens is 1. The molecule has 2 atom stereocenters. The zero-order valence-corrected chi connectivity index (χ0v) is 17.9. The quantitative estimate of drug-likeness (QED) is 0.407. The van der Waals surface area contributed by atoms with Crippen molar-refractivity contribution in [3.05, 3.63) is 59.9 Å². The normalized spacial score (nSPS) is 18.2. The Morgan fingerprint density at radius 1 is 1.26 bits per heavy atom. The highest BCUT2D eigenvalue weighted by atomic mass is 35.5. The summed E-state index contributed by atoms with van der Waals surface area (Å²) in [5.41, 5.74) is 2.38. The molecule has 31 heavy (non-hydrogen) atoms. The predicted molar refractivity (Wildman–Crippen MR) is 118 cm³/mol. The average Bonchev–Trinajstić information content (AvgIpc) is 3.18. The first-order chi connectivity index (χ1) is 15.1. The van der Waals surface area contributed by atoms with Crippen molar-refractivity contribution >= 4 is 35.3 Å². The number of rotatable bonds is 7. The fourth-order valence-electron chi connectivity index (χ4n) is 3.49. The summed E-state index contributed by atoms with van der Waals surface area (Å²) in [6, 6.07) is 13.0. The summed E-state index contributed by atoms with van der Waals surface area (Å²) in [6.45, 7) is 2.72. The first kappa shape index (κ1) is 21.2. The van der Waals surface area contributed by atoms with E-state index in [9.17, 15) is 4.79 Å². The third-order valence-corrected chi connectivity index (χ3v) is 5.18. The molecule has 4 rings (SSSR count). The lowest BCUT2D eigenvalue weighted by molar-refractivity contribution is -0.115. The monoisotopic (exact) mass is 439 g/mol. The molecule has 0 amide bonds. The maximum absolute atomic E-state index is 11.4. The summed E-state index contributed by atoms with van der Waals surface area (Å²) >= 11 is 6.16. The first-order valence-electron chi connectivity index (χ1n) is 9.77. The number of aldehydes is 1. The van der Waals surface area contributed by atoms with Crippen LogP contribution in [0.25, 0.3) is 11.3 Å². The minimum atomic E-state index is -0.640. The van der Waals surface area contributed by atoms with Gasteiger partial charge in [-0.1, -0.05) is 17.7 Å². The van der Waals surface area contributed by atoms with E-state index < -0.39 is 6.23 Å². The molecule has 1 aliphatic heterocycles. The van der Waals surface area contributed by atoms with Crippen molar-refractivity contribution in [2.45, 2.75) is 19.2 Å². The number of hydrogen-bond acceptors (Lipinski definition) is 8. The Hall–Kier alpha value is -3.07. The molecule has 8 nitrogen and oxygen atoms in total. The van der Waals surface area contributed by atoms with E-state index in [0.717, 1.165) is 17.5 Å². The fourth-order valence-corrected chi connectivity index (χ4v) is 3.67. The van der Waals surface area contributed by atoms with Crippen LogP contribution in [0.15, 0.2) is 54.9 Å². The number of benzene rings is 1. The number of hydrogen-bond donors (Lipinski definition) is 0. The molecule has 2 aromatic heterocycles. The Balaban J connectivity index is 1.69. The van der Waals surface area contributed by atoms with Crippen LogP contribution in [0.3, 0.4) is 0 Å². The first-order valence-corrected chi connectivity index (χ1v) is 10.1. The van der Waals surface area contributed by atoms with Crippen LogP contribution in [0.4, 0.5) is 17.5 Å². The molecule has 0 saturated carbocycles. The molecule has 0 aliphatic carbocycles. The van der Waals surface area contributed by atoms with Gasteiger partial charge in [0.05, 0.1) is 18.3 Å². The highest BCUT2D eigenvalue weighted by Gasteiger charge is 2.32. The van der Waals surface area contributed by atoms with Crippen LogP contribution in [0, 0.1) is 0 Å². The topological polar surface area (TPSA) is 80.7 Å². The summed E-state index contributed by atoms with van der Waals surface area (Å²) in [5.74, 6) is 1.13. The van der Waals surface area contributed by atoms with Crippen LogP contribution in [-0.4, -0.2) is 54.0 Å². The van der Waals surface area contributed by atoms with E-state index in [0.29, 0.717) is 29.1 Å². The van der Waals surface area contributed by atoms with Crippen LogP contribution in [-0.2, 0) is 14.3 Å². The number of nitrogens with zero attached hydrogens (tertiary/aromatic N) is 5. The summed E-state index contributed by atoms with van der Waals surface area (Å²) in [7, 11) is 1.61. The summed E-state index contributed by atoms with van der Waals surface area (Å²) in [4.78, 5) is 28.7. The van der Waals surface area contributed by atoms with Crippen LogP contribution in [0.1, 0.15) is 6.92 Å². The largest absolute Gasteiger partial charge is 0.364 e. The van der Waals surface area contributed by atoms with Crippen LogP contribution < -0.4 is 9.80 Å². The summed E-state index contributed by atoms with van der Waals surface area (Å²) in [6.07, 6.45) is 3.54.